The van der Waals surface area contributed by atoms with Crippen LogP contribution >= 0.6 is 0 Å². The van der Waals surface area contributed by atoms with Crippen LogP contribution in [0.4, 0.5) is 0 Å². The largest absolute Gasteiger partial charge is 0.317 e. The maximum absolute atomic E-state index is 3.28. The van der Waals surface area contributed by atoms with Crippen LogP contribution in [-0.4, -0.2) is 75.2 Å². The SMILES string of the molecule is C1CCNCC1.C1CCNCC1.CCCCCCCC/C=C\CCCCCCCCN(CCCCN(CCCCCCCC/C=C\CCCCCCCC)CC(C)CC)CC(C)CC. The molecule has 0 amide bonds. The zero-order valence-electron chi connectivity index (χ0n) is 45.3. The number of nitrogens with zero attached hydrogens (tertiary/aromatic N) is 2. The van der Waals surface area contributed by atoms with Gasteiger partial charge in [0, 0.05) is 13.1 Å². The van der Waals surface area contributed by atoms with E-state index in [0.29, 0.717) is 0 Å². The van der Waals surface area contributed by atoms with Gasteiger partial charge in [0.2, 0.25) is 0 Å². The third-order valence-electron chi connectivity index (χ3n) is 14.1. The van der Waals surface area contributed by atoms with Crippen molar-refractivity contribution in [3.8, 4) is 0 Å². The number of piperidine rings is 2. The van der Waals surface area contributed by atoms with Crippen molar-refractivity contribution in [2.75, 3.05) is 65.4 Å². The van der Waals surface area contributed by atoms with Crippen LogP contribution in [0.2, 0.25) is 0 Å². The highest BCUT2D eigenvalue weighted by Gasteiger charge is 2.12. The van der Waals surface area contributed by atoms with Gasteiger partial charge < -0.3 is 20.4 Å². The molecular weight excluding hydrogens is 777 g/mol. The van der Waals surface area contributed by atoms with Crippen LogP contribution in [0.1, 0.15) is 286 Å². The zero-order valence-corrected chi connectivity index (χ0v) is 45.3. The normalized spacial score (nSPS) is 15.4. The van der Waals surface area contributed by atoms with Gasteiger partial charge in [0.25, 0.3) is 0 Å². The number of hydrogen-bond acceptors (Lipinski definition) is 4. The second-order valence-corrected chi connectivity index (χ2v) is 20.8. The Morgan fingerprint density at radius 1 is 0.328 bits per heavy atom. The summed E-state index contributed by atoms with van der Waals surface area (Å²) in [6, 6.07) is 0. The maximum atomic E-state index is 3.28. The molecule has 2 aliphatic rings. The van der Waals surface area contributed by atoms with Crippen LogP contribution in [0.25, 0.3) is 0 Å². The summed E-state index contributed by atoms with van der Waals surface area (Å²) in [7, 11) is 0. The van der Waals surface area contributed by atoms with Crippen molar-refractivity contribution in [1.29, 1.82) is 0 Å². The first-order chi connectivity index (χ1) is 31.6. The Kier molecular flexibility index (Phi) is 54.3. The highest BCUT2D eigenvalue weighted by atomic mass is 15.1. The zero-order chi connectivity index (χ0) is 46.5. The minimum atomic E-state index is 0.822. The van der Waals surface area contributed by atoms with E-state index in [2.05, 4.69) is 86.3 Å². The summed E-state index contributed by atoms with van der Waals surface area (Å²) in [4.78, 5) is 5.65. The van der Waals surface area contributed by atoms with Gasteiger partial charge in [-0.3, -0.25) is 0 Å². The average molecular weight is 900 g/mol. The van der Waals surface area contributed by atoms with Gasteiger partial charge in [-0.25, -0.2) is 0 Å². The summed E-state index contributed by atoms with van der Waals surface area (Å²) < 4.78 is 0. The second kappa shape index (κ2) is 54.9. The summed E-state index contributed by atoms with van der Waals surface area (Å²) in [6.07, 6.45) is 62.7. The van der Waals surface area contributed by atoms with Crippen molar-refractivity contribution in [3.05, 3.63) is 24.3 Å². The molecule has 0 aliphatic carbocycles. The Bertz CT molecular complexity index is 799. The molecule has 2 fully saturated rings. The maximum Gasteiger partial charge on any atom is 0.000692 e. The molecule has 2 unspecified atom stereocenters. The Balaban J connectivity index is 0.00000281. The third kappa shape index (κ3) is 50.7. The minimum absolute atomic E-state index is 0.822. The van der Waals surface area contributed by atoms with Crippen LogP contribution in [-0.2, 0) is 0 Å². The van der Waals surface area contributed by atoms with Gasteiger partial charge in [-0.05, 0) is 167 Å². The fraction of sp³-hybridized carbons (Fsp3) is 0.933. The molecule has 0 aromatic carbocycles. The molecule has 64 heavy (non-hydrogen) atoms. The van der Waals surface area contributed by atoms with Gasteiger partial charge in [-0.2, -0.15) is 0 Å². The Hall–Kier alpha value is -0.680. The van der Waals surface area contributed by atoms with E-state index in [1.165, 1.54) is 309 Å². The summed E-state index contributed by atoms with van der Waals surface area (Å²) in [5.41, 5.74) is 0. The number of allylic oxidation sites excluding steroid dienone is 4. The van der Waals surface area contributed by atoms with E-state index < -0.39 is 0 Å². The van der Waals surface area contributed by atoms with E-state index >= 15 is 0 Å². The smallest absolute Gasteiger partial charge is 0.000692 e. The lowest BCUT2D eigenvalue weighted by atomic mass is 10.1. The number of rotatable bonds is 43. The molecule has 4 nitrogen and oxygen atoms in total. The van der Waals surface area contributed by atoms with Crippen molar-refractivity contribution < 1.29 is 0 Å². The predicted octanol–water partition coefficient (Wildman–Crippen LogP) is 18.1. The highest BCUT2D eigenvalue weighted by Crippen LogP contribution is 2.15. The van der Waals surface area contributed by atoms with E-state index in [1.807, 2.05) is 0 Å². The third-order valence-corrected chi connectivity index (χ3v) is 14.1. The molecule has 2 saturated heterocycles. The Morgan fingerprint density at radius 3 is 0.812 bits per heavy atom. The van der Waals surface area contributed by atoms with Gasteiger partial charge in [0.05, 0.1) is 0 Å². The van der Waals surface area contributed by atoms with Crippen molar-refractivity contribution in [1.82, 2.24) is 20.4 Å². The van der Waals surface area contributed by atoms with Gasteiger partial charge in [0.15, 0.2) is 0 Å². The van der Waals surface area contributed by atoms with Crippen molar-refractivity contribution in [2.45, 2.75) is 286 Å². The molecule has 2 atom stereocenters. The molecule has 2 N–H and O–H groups in total. The number of nitrogens with one attached hydrogen (secondary N) is 2. The molecule has 4 heteroatoms. The molecule has 2 rings (SSSR count). The lowest BCUT2D eigenvalue weighted by Gasteiger charge is -2.27. The van der Waals surface area contributed by atoms with Crippen LogP contribution in [0.5, 0.6) is 0 Å². The first-order valence-corrected chi connectivity index (χ1v) is 29.7. The van der Waals surface area contributed by atoms with E-state index in [0.717, 1.165) is 11.8 Å². The van der Waals surface area contributed by atoms with Gasteiger partial charge in [-0.1, -0.05) is 207 Å². The van der Waals surface area contributed by atoms with Crippen molar-refractivity contribution in [3.63, 3.8) is 0 Å². The fourth-order valence-corrected chi connectivity index (χ4v) is 9.17. The monoisotopic (exact) mass is 899 g/mol. The van der Waals surface area contributed by atoms with Crippen molar-refractivity contribution >= 4 is 0 Å². The first-order valence-electron chi connectivity index (χ1n) is 29.7. The summed E-state index contributed by atoms with van der Waals surface area (Å²) in [6.45, 7) is 27.1. The fourth-order valence-electron chi connectivity index (χ4n) is 9.17. The van der Waals surface area contributed by atoms with Gasteiger partial charge >= 0.3 is 0 Å². The molecular formula is C60H122N4. The van der Waals surface area contributed by atoms with Crippen LogP contribution in [0.3, 0.4) is 0 Å². The van der Waals surface area contributed by atoms with E-state index in [-0.39, 0.29) is 0 Å². The van der Waals surface area contributed by atoms with Gasteiger partial charge in [0.1, 0.15) is 0 Å². The molecule has 0 spiro atoms. The number of unbranched alkanes of at least 4 members (excludes halogenated alkanes) is 25. The standard InChI is InChI=1S/C50H100N2.2C5H11N/c1-7-11-13-15-17-19-21-23-25-27-29-31-33-35-37-39-43-51(47-49(5)9-3)45-41-42-46-52(48-50(6)10-4)44-40-38-36-34-32-30-28-26-24-22-20-18-16-14-12-8-2;2*1-2-4-6-5-3-1/h23-26,49-50H,7-22,27-48H2,1-6H3;2*6H,1-5H2/b25-23-,26-24-;;. The first kappa shape index (κ1) is 63.3. The second-order valence-electron chi connectivity index (χ2n) is 20.8. The van der Waals surface area contributed by atoms with E-state index in [1.54, 1.807) is 0 Å². The molecule has 0 saturated carbocycles. The lowest BCUT2D eigenvalue weighted by molar-refractivity contribution is 0.203. The van der Waals surface area contributed by atoms with E-state index in [4.69, 9.17) is 0 Å². The quantitative estimate of drug-likeness (QED) is 0.0472. The van der Waals surface area contributed by atoms with Crippen molar-refractivity contribution in [2.24, 2.45) is 11.8 Å². The summed E-state index contributed by atoms with van der Waals surface area (Å²) >= 11 is 0. The number of hydrogen-bond donors (Lipinski definition) is 2. The molecule has 2 aliphatic heterocycles. The van der Waals surface area contributed by atoms with Crippen LogP contribution in [0.15, 0.2) is 24.3 Å². The summed E-state index contributed by atoms with van der Waals surface area (Å²) in [5, 5.41) is 6.57. The van der Waals surface area contributed by atoms with Crippen LogP contribution < -0.4 is 10.6 Å². The molecule has 2 heterocycles. The van der Waals surface area contributed by atoms with E-state index in [9.17, 15) is 0 Å². The van der Waals surface area contributed by atoms with Gasteiger partial charge in [-0.15, -0.1) is 0 Å². The minimum Gasteiger partial charge on any atom is -0.317 e. The predicted molar refractivity (Wildman–Crippen MR) is 293 cm³/mol. The van der Waals surface area contributed by atoms with Crippen LogP contribution in [0, 0.1) is 11.8 Å². The average Bonchev–Trinajstić information content (AvgIpc) is 3.33. The molecule has 0 aromatic rings. The molecule has 0 aromatic heterocycles. The topological polar surface area (TPSA) is 30.5 Å². The Labute approximate surface area is 406 Å². The molecule has 0 radical (unpaired) electrons. The highest BCUT2D eigenvalue weighted by molar-refractivity contribution is 4.82. The molecule has 0 bridgehead atoms. The lowest BCUT2D eigenvalue weighted by Crippen LogP contribution is -2.33. The Morgan fingerprint density at radius 2 is 0.578 bits per heavy atom. The summed E-state index contributed by atoms with van der Waals surface area (Å²) in [5.74, 6) is 1.64. The molecule has 382 valence electrons.